The lowest BCUT2D eigenvalue weighted by Gasteiger charge is -2.12. The topological polar surface area (TPSA) is 61.4 Å². The quantitative estimate of drug-likeness (QED) is 0.788. The van der Waals surface area contributed by atoms with Gasteiger partial charge < -0.3 is 15.7 Å². The van der Waals surface area contributed by atoms with Crippen molar-refractivity contribution in [3.05, 3.63) is 35.9 Å². The van der Waals surface area contributed by atoms with Gasteiger partial charge in [0, 0.05) is 23.3 Å². The van der Waals surface area contributed by atoms with Gasteiger partial charge >= 0.3 is 0 Å². The summed E-state index contributed by atoms with van der Waals surface area (Å²) in [6.45, 7) is 2.43. The largest absolute Gasteiger partial charge is 0.391 e. The highest BCUT2D eigenvalue weighted by molar-refractivity contribution is 6.24. The van der Waals surface area contributed by atoms with Crippen LogP contribution in [0.1, 0.15) is 23.7 Å². The molecule has 1 aliphatic rings. The van der Waals surface area contributed by atoms with Crippen LogP contribution in [0, 0.1) is 0 Å². The van der Waals surface area contributed by atoms with Crippen molar-refractivity contribution < 1.29 is 9.90 Å². The van der Waals surface area contributed by atoms with Gasteiger partial charge in [-0.25, -0.2) is 0 Å². The smallest absolute Gasteiger partial charge is 0.256 e. The molecule has 0 aliphatic carbocycles. The van der Waals surface area contributed by atoms with Crippen molar-refractivity contribution >= 4 is 28.1 Å². The predicted molar refractivity (Wildman–Crippen MR) is 76.7 cm³/mol. The minimum Gasteiger partial charge on any atom is -0.391 e. The predicted octanol–water partition coefficient (Wildman–Crippen LogP) is 2.59. The van der Waals surface area contributed by atoms with E-state index in [0.717, 1.165) is 22.1 Å². The van der Waals surface area contributed by atoms with Crippen molar-refractivity contribution in [3.63, 3.8) is 0 Å². The summed E-state index contributed by atoms with van der Waals surface area (Å²) >= 11 is 0. The van der Waals surface area contributed by atoms with Gasteiger partial charge in [-0.3, -0.25) is 4.79 Å². The van der Waals surface area contributed by atoms with Crippen molar-refractivity contribution in [3.8, 4) is 0 Å². The normalized spacial score (nSPS) is 14.5. The van der Waals surface area contributed by atoms with E-state index < -0.39 is 0 Å². The number of anilines is 2. The van der Waals surface area contributed by atoms with Crippen molar-refractivity contribution in [2.24, 2.45) is 0 Å². The Labute approximate surface area is 111 Å². The van der Waals surface area contributed by atoms with E-state index >= 15 is 0 Å². The first kappa shape index (κ1) is 12.0. The molecular weight excluding hydrogens is 240 g/mol. The van der Waals surface area contributed by atoms with E-state index in [-0.39, 0.29) is 12.0 Å². The summed E-state index contributed by atoms with van der Waals surface area (Å²) in [5.41, 5.74) is 2.43. The molecule has 1 atom stereocenters. The van der Waals surface area contributed by atoms with E-state index in [9.17, 15) is 9.90 Å². The van der Waals surface area contributed by atoms with Gasteiger partial charge in [-0.2, -0.15) is 0 Å². The Kier molecular flexibility index (Phi) is 2.87. The molecule has 2 aromatic carbocycles. The fraction of sp³-hybridized carbons (Fsp3) is 0.267. The first-order chi connectivity index (χ1) is 9.19. The molecule has 4 nitrogen and oxygen atoms in total. The standard InChI is InChI=1S/C15H16N2O2/c1-2-11(18)8-16-10-6-9-4-3-5-13-14(9)12(7-10)15(19)17-13/h3-7,11,16,18H,2,8H2,1H3,(H,17,19). The Bertz CT molecular complexity index is 652. The lowest BCUT2D eigenvalue weighted by Crippen LogP contribution is -2.18. The number of hydrogen-bond donors (Lipinski definition) is 3. The fourth-order valence-corrected chi connectivity index (χ4v) is 2.38. The number of carbonyl (C=O) groups is 1. The van der Waals surface area contributed by atoms with Crippen LogP contribution >= 0.6 is 0 Å². The number of aliphatic hydroxyl groups is 1. The number of rotatable bonds is 4. The Morgan fingerprint density at radius 2 is 2.21 bits per heavy atom. The second kappa shape index (κ2) is 4.55. The average molecular weight is 256 g/mol. The van der Waals surface area contributed by atoms with Crippen LogP contribution in [0.15, 0.2) is 30.3 Å². The monoisotopic (exact) mass is 256 g/mol. The zero-order valence-electron chi connectivity index (χ0n) is 10.7. The molecule has 19 heavy (non-hydrogen) atoms. The molecule has 4 heteroatoms. The SMILES string of the molecule is CCC(O)CNc1cc2c3c(cccc3c1)NC2=O. The van der Waals surface area contributed by atoms with Crippen LogP contribution in [0.3, 0.4) is 0 Å². The molecule has 98 valence electrons. The molecule has 0 saturated heterocycles. The molecule has 3 rings (SSSR count). The lowest BCUT2D eigenvalue weighted by atomic mass is 10.0. The Balaban J connectivity index is 1.99. The maximum absolute atomic E-state index is 11.9. The number of amides is 1. The average Bonchev–Trinajstić information content (AvgIpc) is 2.74. The molecule has 1 heterocycles. The Morgan fingerprint density at radius 1 is 1.37 bits per heavy atom. The molecule has 1 amide bonds. The first-order valence-corrected chi connectivity index (χ1v) is 6.49. The van der Waals surface area contributed by atoms with Crippen LogP contribution in [0.25, 0.3) is 10.8 Å². The van der Waals surface area contributed by atoms with Crippen LogP contribution < -0.4 is 10.6 Å². The second-order valence-electron chi connectivity index (χ2n) is 4.82. The van der Waals surface area contributed by atoms with E-state index in [2.05, 4.69) is 10.6 Å². The highest BCUT2D eigenvalue weighted by atomic mass is 16.3. The van der Waals surface area contributed by atoms with Gasteiger partial charge in [0.15, 0.2) is 0 Å². The van der Waals surface area contributed by atoms with Crippen LogP contribution in [0.2, 0.25) is 0 Å². The van der Waals surface area contributed by atoms with Gasteiger partial charge in [0.25, 0.3) is 5.91 Å². The van der Waals surface area contributed by atoms with Crippen molar-refractivity contribution in [2.45, 2.75) is 19.4 Å². The van der Waals surface area contributed by atoms with Crippen molar-refractivity contribution in [1.29, 1.82) is 0 Å². The molecule has 2 aromatic rings. The van der Waals surface area contributed by atoms with E-state index in [4.69, 9.17) is 0 Å². The second-order valence-corrected chi connectivity index (χ2v) is 4.82. The summed E-state index contributed by atoms with van der Waals surface area (Å²) in [7, 11) is 0. The summed E-state index contributed by atoms with van der Waals surface area (Å²) in [6.07, 6.45) is 0.336. The van der Waals surface area contributed by atoms with Gasteiger partial charge in [0.1, 0.15) is 0 Å². The highest BCUT2D eigenvalue weighted by Crippen LogP contribution is 2.35. The van der Waals surface area contributed by atoms with Crippen LogP contribution in [0.4, 0.5) is 11.4 Å². The minimum atomic E-state index is -0.371. The van der Waals surface area contributed by atoms with E-state index in [1.165, 1.54) is 0 Å². The molecule has 0 bridgehead atoms. The fourth-order valence-electron chi connectivity index (χ4n) is 2.38. The molecule has 1 unspecified atom stereocenters. The molecule has 0 fully saturated rings. The van der Waals surface area contributed by atoms with Crippen LogP contribution in [-0.2, 0) is 0 Å². The highest BCUT2D eigenvalue weighted by Gasteiger charge is 2.21. The van der Waals surface area contributed by atoms with Gasteiger partial charge in [0.2, 0.25) is 0 Å². The molecule has 0 saturated carbocycles. The van der Waals surface area contributed by atoms with Gasteiger partial charge in [-0.05, 0) is 30.0 Å². The summed E-state index contributed by atoms with van der Waals surface area (Å²) in [6, 6.07) is 9.67. The van der Waals surface area contributed by atoms with Crippen LogP contribution in [-0.4, -0.2) is 23.7 Å². The molecule has 1 aliphatic heterocycles. The van der Waals surface area contributed by atoms with Gasteiger partial charge in [0.05, 0.1) is 11.7 Å². The Hall–Kier alpha value is -2.07. The maximum atomic E-state index is 11.9. The molecule has 0 spiro atoms. The van der Waals surface area contributed by atoms with Crippen molar-refractivity contribution in [2.75, 3.05) is 17.2 Å². The zero-order chi connectivity index (χ0) is 13.4. The van der Waals surface area contributed by atoms with E-state index in [1.807, 2.05) is 37.3 Å². The lowest BCUT2D eigenvalue weighted by molar-refractivity contribution is 0.103. The third-order valence-corrected chi connectivity index (χ3v) is 3.48. The van der Waals surface area contributed by atoms with E-state index in [1.54, 1.807) is 0 Å². The summed E-state index contributed by atoms with van der Waals surface area (Å²) in [4.78, 5) is 11.9. The molecule has 0 aromatic heterocycles. The number of nitrogens with one attached hydrogen (secondary N) is 2. The van der Waals surface area contributed by atoms with Gasteiger partial charge in [-0.15, -0.1) is 0 Å². The van der Waals surface area contributed by atoms with Crippen LogP contribution in [0.5, 0.6) is 0 Å². The van der Waals surface area contributed by atoms with Gasteiger partial charge in [-0.1, -0.05) is 19.1 Å². The third-order valence-electron chi connectivity index (χ3n) is 3.48. The molecule has 0 radical (unpaired) electrons. The Morgan fingerprint density at radius 3 is 3.00 bits per heavy atom. The number of aliphatic hydroxyl groups excluding tert-OH is 1. The molecular formula is C15H16N2O2. The number of hydrogen-bond acceptors (Lipinski definition) is 3. The first-order valence-electron chi connectivity index (χ1n) is 6.49. The zero-order valence-corrected chi connectivity index (χ0v) is 10.7. The summed E-state index contributed by atoms with van der Waals surface area (Å²) in [5, 5.41) is 17.6. The summed E-state index contributed by atoms with van der Waals surface area (Å²) in [5.74, 6) is -0.0640. The maximum Gasteiger partial charge on any atom is 0.256 e. The number of benzene rings is 2. The van der Waals surface area contributed by atoms with E-state index in [0.29, 0.717) is 18.5 Å². The minimum absolute atomic E-state index is 0.0640. The third kappa shape index (κ3) is 2.04. The number of carbonyl (C=O) groups excluding carboxylic acids is 1. The summed E-state index contributed by atoms with van der Waals surface area (Å²) < 4.78 is 0. The van der Waals surface area contributed by atoms with Crippen molar-refractivity contribution in [1.82, 2.24) is 0 Å². The molecule has 3 N–H and O–H groups in total.